The molecule has 0 unspecified atom stereocenters. The lowest BCUT2D eigenvalue weighted by atomic mass is 9.83. The number of hydrogen-bond acceptors (Lipinski definition) is 1. The number of H-pyrrole nitrogens is 2. The van der Waals surface area contributed by atoms with Crippen LogP contribution in [0.1, 0.15) is 60.6 Å². The Balaban J connectivity index is 1.84. The second kappa shape index (κ2) is 7.02. The number of aromatic nitrogens is 2. The number of nitrogens with one attached hydrogen (secondary N) is 2. The van der Waals surface area contributed by atoms with Crippen LogP contribution in [0.3, 0.4) is 0 Å². The summed E-state index contributed by atoms with van der Waals surface area (Å²) in [6, 6.07) is 8.22. The van der Waals surface area contributed by atoms with Crippen molar-refractivity contribution in [1.29, 1.82) is 0 Å². The molecule has 26 heavy (non-hydrogen) atoms. The summed E-state index contributed by atoms with van der Waals surface area (Å²) in [5.41, 5.74) is 5.70. The van der Waals surface area contributed by atoms with Gasteiger partial charge in [0.1, 0.15) is 5.69 Å². The van der Waals surface area contributed by atoms with Crippen LogP contribution in [0.25, 0.3) is 22.2 Å². The Morgan fingerprint density at radius 3 is 2.69 bits per heavy atom. The van der Waals surface area contributed by atoms with Crippen LogP contribution in [0.15, 0.2) is 30.5 Å². The number of hydrogen-bond donors (Lipinski definition) is 3. The quantitative estimate of drug-likeness (QED) is 0.565. The van der Waals surface area contributed by atoms with Gasteiger partial charge in [0, 0.05) is 22.7 Å². The van der Waals surface area contributed by atoms with Crippen LogP contribution in [-0.2, 0) is 12.8 Å². The van der Waals surface area contributed by atoms with Crippen molar-refractivity contribution in [2.45, 2.75) is 51.9 Å². The molecule has 4 rings (SSSR count). The van der Waals surface area contributed by atoms with Gasteiger partial charge in [-0.05, 0) is 42.0 Å². The minimum atomic E-state index is -0.849. The maximum Gasteiger partial charge on any atom is 0.352 e. The minimum Gasteiger partial charge on any atom is -0.477 e. The van der Waals surface area contributed by atoms with Crippen molar-refractivity contribution >= 4 is 16.9 Å². The van der Waals surface area contributed by atoms with Gasteiger partial charge in [0.15, 0.2) is 0 Å². The van der Waals surface area contributed by atoms with Gasteiger partial charge < -0.3 is 15.1 Å². The Bertz CT molecular complexity index is 929. The molecule has 0 spiro atoms. The third-order valence-corrected chi connectivity index (χ3v) is 5.87. The van der Waals surface area contributed by atoms with Crippen molar-refractivity contribution in [3.8, 4) is 11.3 Å². The van der Waals surface area contributed by atoms with Gasteiger partial charge in [0.05, 0.1) is 5.69 Å². The monoisotopic (exact) mass is 350 g/mol. The largest absolute Gasteiger partial charge is 0.477 e. The molecule has 3 aromatic rings. The lowest BCUT2D eigenvalue weighted by Gasteiger charge is -2.22. The summed E-state index contributed by atoms with van der Waals surface area (Å²) in [6.07, 6.45) is 9.95. The first kappa shape index (κ1) is 17.0. The molecule has 4 nitrogen and oxygen atoms in total. The van der Waals surface area contributed by atoms with E-state index in [0.717, 1.165) is 40.6 Å². The van der Waals surface area contributed by atoms with Crippen LogP contribution in [0.5, 0.6) is 0 Å². The van der Waals surface area contributed by atoms with Gasteiger partial charge in [-0.2, -0.15) is 0 Å². The maximum absolute atomic E-state index is 12.0. The van der Waals surface area contributed by atoms with E-state index in [1.54, 1.807) is 0 Å². The number of benzene rings is 1. The first-order chi connectivity index (χ1) is 12.7. The Morgan fingerprint density at radius 2 is 1.96 bits per heavy atom. The van der Waals surface area contributed by atoms with Crippen molar-refractivity contribution in [2.75, 3.05) is 0 Å². The zero-order chi connectivity index (χ0) is 18.1. The van der Waals surface area contributed by atoms with Crippen LogP contribution in [0.2, 0.25) is 0 Å². The summed E-state index contributed by atoms with van der Waals surface area (Å²) in [4.78, 5) is 18.5. The molecule has 1 fully saturated rings. The van der Waals surface area contributed by atoms with E-state index in [2.05, 4.69) is 35.1 Å². The topological polar surface area (TPSA) is 68.9 Å². The van der Waals surface area contributed by atoms with Gasteiger partial charge in [-0.15, -0.1) is 0 Å². The molecule has 0 atom stereocenters. The first-order valence-corrected chi connectivity index (χ1v) is 9.72. The van der Waals surface area contributed by atoms with E-state index in [1.807, 2.05) is 12.3 Å². The highest BCUT2D eigenvalue weighted by molar-refractivity contribution is 5.97. The predicted octanol–water partition coefficient (Wildman–Crippen LogP) is 5.55. The molecule has 0 amide bonds. The van der Waals surface area contributed by atoms with Crippen LogP contribution in [0.4, 0.5) is 0 Å². The number of carboxylic acids is 1. The predicted molar refractivity (Wildman–Crippen MR) is 105 cm³/mol. The molecule has 1 aromatic carbocycles. The highest BCUT2D eigenvalue weighted by Gasteiger charge is 2.25. The zero-order valence-corrected chi connectivity index (χ0v) is 15.3. The van der Waals surface area contributed by atoms with Gasteiger partial charge in [0.25, 0.3) is 0 Å². The zero-order valence-electron chi connectivity index (χ0n) is 15.3. The molecule has 2 heterocycles. The number of aromatic amines is 2. The molecule has 136 valence electrons. The maximum atomic E-state index is 12.0. The summed E-state index contributed by atoms with van der Waals surface area (Å²) in [5, 5.41) is 10.9. The fourth-order valence-electron chi connectivity index (χ4n) is 4.59. The second-order valence-corrected chi connectivity index (χ2v) is 7.44. The van der Waals surface area contributed by atoms with Gasteiger partial charge >= 0.3 is 5.97 Å². The minimum absolute atomic E-state index is 0.384. The standard InChI is InChI=1S/C22H26N2O2/c1-2-15-18(13-14-7-4-3-5-8-14)21(22(25)26)24-20(15)17-9-6-10-19-16(17)11-12-23-19/h6,9-12,14,23-24H,2-5,7-8,13H2,1H3,(H,25,26). The molecule has 0 saturated heterocycles. The summed E-state index contributed by atoms with van der Waals surface area (Å²) in [5.74, 6) is -0.239. The summed E-state index contributed by atoms with van der Waals surface area (Å²) in [6.45, 7) is 2.12. The third-order valence-electron chi connectivity index (χ3n) is 5.87. The number of carbonyl (C=O) groups is 1. The Hall–Kier alpha value is -2.49. The van der Waals surface area contributed by atoms with Crippen molar-refractivity contribution < 1.29 is 9.90 Å². The number of rotatable bonds is 5. The SMILES string of the molecule is CCc1c(-c2cccc3[nH]ccc23)[nH]c(C(=O)O)c1CC1CCCCC1. The molecule has 0 radical (unpaired) electrons. The van der Waals surface area contributed by atoms with Crippen LogP contribution < -0.4 is 0 Å². The highest BCUT2D eigenvalue weighted by Crippen LogP contribution is 2.36. The van der Waals surface area contributed by atoms with Crippen molar-refractivity contribution in [3.63, 3.8) is 0 Å². The van der Waals surface area contributed by atoms with Crippen LogP contribution in [-0.4, -0.2) is 21.0 Å². The van der Waals surface area contributed by atoms with Gasteiger partial charge in [0.2, 0.25) is 0 Å². The van der Waals surface area contributed by atoms with Crippen molar-refractivity contribution in [3.05, 3.63) is 47.3 Å². The fraction of sp³-hybridized carbons (Fsp3) is 0.409. The number of carboxylic acid groups (broad SMARTS) is 1. The van der Waals surface area contributed by atoms with Crippen molar-refractivity contribution in [2.24, 2.45) is 5.92 Å². The molecular weight excluding hydrogens is 324 g/mol. The number of aromatic carboxylic acids is 1. The van der Waals surface area contributed by atoms with Gasteiger partial charge in [-0.3, -0.25) is 0 Å². The molecule has 0 aliphatic heterocycles. The third kappa shape index (κ3) is 2.94. The van der Waals surface area contributed by atoms with E-state index in [4.69, 9.17) is 0 Å². The van der Waals surface area contributed by atoms with E-state index in [0.29, 0.717) is 11.6 Å². The molecule has 1 aliphatic carbocycles. The Labute approximate surface area is 153 Å². The van der Waals surface area contributed by atoms with Crippen LogP contribution >= 0.6 is 0 Å². The van der Waals surface area contributed by atoms with E-state index in [-0.39, 0.29) is 0 Å². The molecular formula is C22H26N2O2. The normalized spacial score (nSPS) is 15.6. The van der Waals surface area contributed by atoms with Gasteiger partial charge in [-0.25, -0.2) is 4.79 Å². The number of fused-ring (bicyclic) bond motifs is 1. The van der Waals surface area contributed by atoms with E-state index < -0.39 is 5.97 Å². The highest BCUT2D eigenvalue weighted by atomic mass is 16.4. The molecule has 1 aliphatic rings. The smallest absolute Gasteiger partial charge is 0.352 e. The van der Waals surface area contributed by atoms with Crippen LogP contribution in [0, 0.1) is 5.92 Å². The van der Waals surface area contributed by atoms with Gasteiger partial charge in [-0.1, -0.05) is 51.2 Å². The second-order valence-electron chi connectivity index (χ2n) is 7.44. The van der Waals surface area contributed by atoms with E-state index in [1.165, 1.54) is 37.7 Å². The summed E-state index contributed by atoms with van der Waals surface area (Å²) < 4.78 is 0. The summed E-state index contributed by atoms with van der Waals surface area (Å²) in [7, 11) is 0. The molecule has 2 aromatic heterocycles. The average Bonchev–Trinajstić information content (AvgIpc) is 3.26. The average molecular weight is 350 g/mol. The lowest BCUT2D eigenvalue weighted by Crippen LogP contribution is -2.12. The fourth-order valence-corrected chi connectivity index (χ4v) is 4.59. The Morgan fingerprint density at radius 1 is 1.15 bits per heavy atom. The van der Waals surface area contributed by atoms with Crippen molar-refractivity contribution in [1.82, 2.24) is 9.97 Å². The first-order valence-electron chi connectivity index (χ1n) is 9.72. The molecule has 0 bridgehead atoms. The lowest BCUT2D eigenvalue weighted by molar-refractivity contribution is 0.0689. The van der Waals surface area contributed by atoms with E-state index in [9.17, 15) is 9.90 Å². The van der Waals surface area contributed by atoms with E-state index >= 15 is 0 Å². The molecule has 4 heteroatoms. The molecule has 1 saturated carbocycles. The Kier molecular flexibility index (Phi) is 4.58. The molecule has 3 N–H and O–H groups in total. The summed E-state index contributed by atoms with van der Waals surface area (Å²) >= 11 is 0.